The Hall–Kier alpha value is -1.69. The van der Waals surface area contributed by atoms with E-state index >= 15 is 0 Å². The van der Waals surface area contributed by atoms with Crippen LogP contribution in [0.4, 0.5) is 14.5 Å². The Morgan fingerprint density at radius 1 is 1.32 bits per heavy atom. The molecule has 2 N–H and O–H groups in total. The summed E-state index contributed by atoms with van der Waals surface area (Å²) in [6, 6.07) is 2.06. The molecule has 1 saturated heterocycles. The van der Waals surface area contributed by atoms with E-state index in [-0.39, 0.29) is 11.3 Å². The quantitative estimate of drug-likeness (QED) is 0.858. The number of aliphatic hydroxyl groups is 1. The van der Waals surface area contributed by atoms with Crippen LogP contribution < -0.4 is 5.32 Å². The van der Waals surface area contributed by atoms with Gasteiger partial charge in [-0.25, -0.2) is 8.78 Å². The van der Waals surface area contributed by atoms with Gasteiger partial charge in [-0.15, -0.1) is 0 Å². The fourth-order valence-corrected chi connectivity index (χ4v) is 2.19. The van der Waals surface area contributed by atoms with E-state index in [0.29, 0.717) is 25.9 Å². The smallest absolute Gasteiger partial charge is 0.254 e. The second-order valence-electron chi connectivity index (χ2n) is 4.59. The molecule has 4 nitrogen and oxygen atoms in total. The summed E-state index contributed by atoms with van der Waals surface area (Å²) in [4.78, 5) is 13.6. The molecule has 1 aromatic rings. The summed E-state index contributed by atoms with van der Waals surface area (Å²) in [6.07, 6.45) is 0.584. The van der Waals surface area contributed by atoms with Crippen LogP contribution >= 0.6 is 0 Å². The van der Waals surface area contributed by atoms with Crippen molar-refractivity contribution in [2.24, 2.45) is 0 Å². The Kier molecular flexibility index (Phi) is 3.99. The van der Waals surface area contributed by atoms with Crippen LogP contribution in [0.1, 0.15) is 23.2 Å². The summed E-state index contributed by atoms with van der Waals surface area (Å²) < 4.78 is 27.2. The Labute approximate surface area is 110 Å². The third-order valence-electron chi connectivity index (χ3n) is 3.29. The predicted molar refractivity (Wildman–Crippen MR) is 67.0 cm³/mol. The summed E-state index contributed by atoms with van der Waals surface area (Å²) in [5.41, 5.74) is -0.254. The van der Waals surface area contributed by atoms with E-state index in [9.17, 15) is 18.7 Å². The Morgan fingerprint density at radius 2 is 1.84 bits per heavy atom. The number of rotatable bonds is 2. The van der Waals surface area contributed by atoms with Crippen molar-refractivity contribution in [3.63, 3.8) is 0 Å². The van der Waals surface area contributed by atoms with Gasteiger partial charge in [0.1, 0.15) is 17.3 Å². The molecule has 19 heavy (non-hydrogen) atoms. The number of benzene rings is 1. The molecular formula is C13H16F2N2O2. The topological polar surface area (TPSA) is 52.6 Å². The van der Waals surface area contributed by atoms with Crippen LogP contribution in [0.25, 0.3) is 0 Å². The lowest BCUT2D eigenvalue weighted by molar-refractivity contribution is 0.0545. The maximum absolute atomic E-state index is 13.6. The number of amides is 1. The third kappa shape index (κ3) is 2.84. The molecule has 104 valence electrons. The number of likely N-dealkylation sites (tertiary alicyclic amines) is 1. The molecule has 0 unspecified atom stereocenters. The van der Waals surface area contributed by atoms with E-state index in [1.54, 1.807) is 0 Å². The Morgan fingerprint density at radius 3 is 2.32 bits per heavy atom. The lowest BCUT2D eigenvalue weighted by atomic mass is 10.1. The predicted octanol–water partition coefficient (Wildman–Crippen LogP) is 1.60. The Balaban J connectivity index is 2.20. The highest BCUT2D eigenvalue weighted by Gasteiger charge is 2.24. The van der Waals surface area contributed by atoms with Crippen LogP contribution in [0, 0.1) is 11.6 Å². The first-order valence-corrected chi connectivity index (χ1v) is 6.17. The monoisotopic (exact) mass is 270 g/mol. The SMILES string of the molecule is CNc1c(F)cc(C(=O)N2CCC(O)CC2)cc1F. The molecule has 0 atom stereocenters. The molecule has 0 aliphatic carbocycles. The average Bonchev–Trinajstić information content (AvgIpc) is 2.38. The van der Waals surface area contributed by atoms with Crippen LogP contribution in [0.15, 0.2) is 12.1 Å². The van der Waals surface area contributed by atoms with Crippen molar-refractivity contribution in [1.82, 2.24) is 4.90 Å². The van der Waals surface area contributed by atoms with Gasteiger partial charge in [-0.05, 0) is 25.0 Å². The van der Waals surface area contributed by atoms with E-state index in [1.165, 1.54) is 11.9 Å². The minimum atomic E-state index is -0.789. The van der Waals surface area contributed by atoms with E-state index in [2.05, 4.69) is 5.32 Å². The molecule has 6 heteroatoms. The van der Waals surface area contributed by atoms with E-state index < -0.39 is 23.6 Å². The summed E-state index contributed by atoms with van der Waals surface area (Å²) in [5, 5.41) is 11.8. The first-order valence-electron chi connectivity index (χ1n) is 6.17. The molecule has 0 radical (unpaired) electrons. The summed E-state index contributed by atoms with van der Waals surface area (Å²) in [6.45, 7) is 0.800. The molecule has 1 heterocycles. The lowest BCUT2D eigenvalue weighted by Gasteiger charge is -2.29. The number of anilines is 1. The van der Waals surface area contributed by atoms with Crippen LogP contribution in [0.2, 0.25) is 0 Å². The van der Waals surface area contributed by atoms with Crippen molar-refractivity contribution in [2.45, 2.75) is 18.9 Å². The number of aliphatic hydroxyl groups excluding tert-OH is 1. The van der Waals surface area contributed by atoms with Gasteiger partial charge < -0.3 is 15.3 Å². The first kappa shape index (κ1) is 13.7. The number of piperidine rings is 1. The first-order chi connectivity index (χ1) is 9.02. The minimum Gasteiger partial charge on any atom is -0.393 e. The summed E-state index contributed by atoms with van der Waals surface area (Å²) in [5.74, 6) is -1.99. The third-order valence-corrected chi connectivity index (χ3v) is 3.29. The van der Waals surface area contributed by atoms with E-state index in [4.69, 9.17) is 0 Å². The van der Waals surface area contributed by atoms with E-state index in [1.807, 2.05) is 0 Å². The number of nitrogens with one attached hydrogen (secondary N) is 1. The Bertz CT molecular complexity index is 463. The summed E-state index contributed by atoms with van der Waals surface area (Å²) >= 11 is 0. The van der Waals surface area contributed by atoms with Crippen molar-refractivity contribution >= 4 is 11.6 Å². The highest BCUT2D eigenvalue weighted by Crippen LogP contribution is 2.22. The average molecular weight is 270 g/mol. The van der Waals surface area contributed by atoms with Gasteiger partial charge in [0.05, 0.1) is 6.10 Å². The van der Waals surface area contributed by atoms with Gasteiger partial charge in [0, 0.05) is 25.7 Å². The van der Waals surface area contributed by atoms with Crippen molar-refractivity contribution in [3.05, 3.63) is 29.3 Å². The molecule has 1 amide bonds. The second-order valence-corrected chi connectivity index (χ2v) is 4.59. The maximum Gasteiger partial charge on any atom is 0.254 e. The van der Waals surface area contributed by atoms with Gasteiger partial charge in [-0.1, -0.05) is 0 Å². The van der Waals surface area contributed by atoms with E-state index in [0.717, 1.165) is 12.1 Å². The zero-order chi connectivity index (χ0) is 14.0. The fraction of sp³-hybridized carbons (Fsp3) is 0.462. The molecule has 1 aliphatic rings. The number of carbonyl (C=O) groups excluding carboxylic acids is 1. The standard InChI is InChI=1S/C13H16F2N2O2/c1-16-12-10(14)6-8(7-11(12)15)13(19)17-4-2-9(18)3-5-17/h6-7,9,16,18H,2-5H2,1H3. The zero-order valence-electron chi connectivity index (χ0n) is 10.6. The van der Waals surface area contributed by atoms with Crippen LogP contribution in [0.5, 0.6) is 0 Å². The maximum atomic E-state index is 13.6. The minimum absolute atomic E-state index is 0.00890. The van der Waals surface area contributed by atoms with Crippen molar-refractivity contribution in [3.8, 4) is 0 Å². The van der Waals surface area contributed by atoms with Gasteiger partial charge in [0.2, 0.25) is 0 Å². The number of halogens is 2. The van der Waals surface area contributed by atoms with Gasteiger partial charge in [0.25, 0.3) is 5.91 Å². The lowest BCUT2D eigenvalue weighted by Crippen LogP contribution is -2.40. The normalized spacial score (nSPS) is 16.5. The van der Waals surface area contributed by atoms with Crippen LogP contribution in [0.3, 0.4) is 0 Å². The van der Waals surface area contributed by atoms with Crippen molar-refractivity contribution in [2.75, 3.05) is 25.5 Å². The second kappa shape index (κ2) is 5.52. The molecule has 0 saturated carbocycles. The van der Waals surface area contributed by atoms with Gasteiger partial charge in [-0.2, -0.15) is 0 Å². The zero-order valence-corrected chi connectivity index (χ0v) is 10.6. The molecule has 0 aromatic heterocycles. The summed E-state index contributed by atoms with van der Waals surface area (Å²) in [7, 11) is 1.41. The van der Waals surface area contributed by atoms with Crippen molar-refractivity contribution in [1.29, 1.82) is 0 Å². The van der Waals surface area contributed by atoms with Crippen LogP contribution in [-0.2, 0) is 0 Å². The van der Waals surface area contributed by atoms with Gasteiger partial charge in [0.15, 0.2) is 0 Å². The molecule has 1 aliphatic heterocycles. The highest BCUT2D eigenvalue weighted by atomic mass is 19.1. The number of nitrogens with zero attached hydrogens (tertiary/aromatic N) is 1. The fourth-order valence-electron chi connectivity index (χ4n) is 2.19. The van der Waals surface area contributed by atoms with Crippen LogP contribution in [-0.4, -0.2) is 42.2 Å². The van der Waals surface area contributed by atoms with Gasteiger partial charge in [-0.3, -0.25) is 4.79 Å². The largest absolute Gasteiger partial charge is 0.393 e. The molecule has 0 spiro atoms. The van der Waals surface area contributed by atoms with Gasteiger partial charge >= 0.3 is 0 Å². The molecule has 2 rings (SSSR count). The number of hydrogen-bond acceptors (Lipinski definition) is 3. The molecular weight excluding hydrogens is 254 g/mol. The molecule has 1 fully saturated rings. The molecule has 0 bridgehead atoms. The number of carbonyl (C=O) groups is 1. The number of hydrogen-bond donors (Lipinski definition) is 2. The van der Waals surface area contributed by atoms with Crippen molar-refractivity contribution < 1.29 is 18.7 Å². The molecule has 1 aromatic carbocycles. The highest BCUT2D eigenvalue weighted by molar-refractivity contribution is 5.94.